The van der Waals surface area contributed by atoms with Gasteiger partial charge in [-0.05, 0) is 62.6 Å². The van der Waals surface area contributed by atoms with Crippen LogP contribution < -0.4 is 5.32 Å². The summed E-state index contributed by atoms with van der Waals surface area (Å²) in [5, 5.41) is 4.35. The lowest BCUT2D eigenvalue weighted by molar-refractivity contribution is -0.116. The summed E-state index contributed by atoms with van der Waals surface area (Å²) in [5.74, 6) is -0.129. The molecule has 28 heavy (non-hydrogen) atoms. The molecule has 0 aliphatic carbocycles. The van der Waals surface area contributed by atoms with E-state index in [1.165, 1.54) is 0 Å². The highest BCUT2D eigenvalue weighted by Crippen LogP contribution is 2.30. The third-order valence-corrected chi connectivity index (χ3v) is 5.51. The van der Waals surface area contributed by atoms with Gasteiger partial charge in [0.25, 0.3) is 5.91 Å². The van der Waals surface area contributed by atoms with Gasteiger partial charge in [-0.3, -0.25) is 14.2 Å². The lowest BCUT2D eigenvalue weighted by Crippen LogP contribution is -2.15. The number of nitrogens with zero attached hydrogens (tertiary/aromatic N) is 1. The van der Waals surface area contributed by atoms with E-state index in [-0.39, 0.29) is 11.8 Å². The second kappa shape index (κ2) is 8.19. The van der Waals surface area contributed by atoms with E-state index < -0.39 is 0 Å². The average molecular weight is 397 g/mol. The number of carbonyl (C=O) groups excluding carboxylic acids is 2. The van der Waals surface area contributed by atoms with Gasteiger partial charge in [0.05, 0.1) is 16.1 Å². The number of amides is 1. The summed E-state index contributed by atoms with van der Waals surface area (Å²) < 4.78 is 1.71. The molecule has 2 aromatic carbocycles. The Kier molecular flexibility index (Phi) is 5.90. The summed E-state index contributed by atoms with van der Waals surface area (Å²) >= 11 is 6.33. The van der Waals surface area contributed by atoms with E-state index in [0.29, 0.717) is 17.0 Å². The molecule has 146 valence electrons. The van der Waals surface area contributed by atoms with Crippen molar-refractivity contribution in [2.75, 3.05) is 5.32 Å². The van der Waals surface area contributed by atoms with Crippen LogP contribution in [0, 0.1) is 20.8 Å². The van der Waals surface area contributed by atoms with Gasteiger partial charge in [-0.15, -0.1) is 0 Å². The van der Waals surface area contributed by atoms with Crippen molar-refractivity contribution < 1.29 is 9.59 Å². The maximum atomic E-state index is 13.3. The maximum Gasteiger partial charge on any atom is 0.264 e. The molecule has 0 saturated heterocycles. The average Bonchev–Trinajstić information content (AvgIpc) is 2.90. The Hall–Kier alpha value is -2.59. The van der Waals surface area contributed by atoms with Gasteiger partial charge >= 0.3 is 0 Å². The molecule has 1 heterocycles. The number of carbonyl (C=O) groups is 2. The van der Waals surface area contributed by atoms with Crippen LogP contribution >= 0.6 is 11.6 Å². The van der Waals surface area contributed by atoms with E-state index in [1.807, 2.05) is 51.1 Å². The number of hydrogen-bond donors (Lipinski definition) is 1. The van der Waals surface area contributed by atoms with E-state index in [2.05, 4.69) is 12.2 Å². The number of anilines is 1. The van der Waals surface area contributed by atoms with Gasteiger partial charge in [-0.2, -0.15) is 0 Å². The normalized spacial score (nSPS) is 11.0. The fourth-order valence-electron chi connectivity index (χ4n) is 3.49. The lowest BCUT2D eigenvalue weighted by atomic mass is 10.1. The lowest BCUT2D eigenvalue weighted by Gasteiger charge is -2.11. The molecule has 0 radical (unpaired) electrons. The minimum absolute atomic E-state index is 0.0118. The van der Waals surface area contributed by atoms with Crippen molar-refractivity contribution in [2.24, 2.45) is 0 Å². The molecule has 1 N–H and O–H groups in total. The molecule has 0 saturated carbocycles. The van der Waals surface area contributed by atoms with Gasteiger partial charge in [0.2, 0.25) is 5.91 Å². The second-order valence-corrected chi connectivity index (χ2v) is 7.57. The van der Waals surface area contributed by atoms with E-state index in [0.717, 1.165) is 46.3 Å². The molecular weight excluding hydrogens is 372 g/mol. The zero-order valence-corrected chi connectivity index (χ0v) is 17.5. The Balaban J connectivity index is 2.04. The number of nitrogens with one attached hydrogen (secondary N) is 1. The van der Waals surface area contributed by atoms with E-state index >= 15 is 0 Å². The Morgan fingerprint density at radius 3 is 2.54 bits per heavy atom. The number of aryl methyl sites for hydroxylation is 2. The van der Waals surface area contributed by atoms with Crippen molar-refractivity contribution in [3.05, 3.63) is 63.8 Å². The molecule has 4 nitrogen and oxygen atoms in total. The highest BCUT2D eigenvalue weighted by Gasteiger charge is 2.21. The number of aromatic nitrogens is 1. The standard InChI is InChI=1S/C23H25ClN2O2/c1-5-6-10-21(27)25-17-11-12-20-18(13-17)15(3)16(4)26(20)23(28)22-14(2)8-7-9-19(22)24/h7-9,11-13H,5-6,10H2,1-4H3,(H,25,27). The van der Waals surface area contributed by atoms with Crippen molar-refractivity contribution >= 4 is 40.0 Å². The minimum atomic E-state index is -0.140. The number of halogens is 1. The van der Waals surface area contributed by atoms with E-state index in [1.54, 1.807) is 10.6 Å². The predicted octanol–water partition coefficient (Wildman–Crippen LogP) is 6.04. The van der Waals surface area contributed by atoms with E-state index in [4.69, 9.17) is 11.6 Å². The van der Waals surface area contributed by atoms with Crippen LogP contribution in [0.1, 0.15) is 53.4 Å². The zero-order valence-electron chi connectivity index (χ0n) is 16.7. The molecule has 0 aliphatic heterocycles. The van der Waals surface area contributed by atoms with Crippen molar-refractivity contribution in [2.45, 2.75) is 47.0 Å². The molecule has 0 spiro atoms. The molecule has 5 heteroatoms. The van der Waals surface area contributed by atoms with Gasteiger partial charge in [-0.25, -0.2) is 0 Å². The number of fused-ring (bicyclic) bond motifs is 1. The number of rotatable bonds is 5. The highest BCUT2D eigenvalue weighted by molar-refractivity contribution is 6.34. The van der Waals surface area contributed by atoms with Crippen molar-refractivity contribution in [1.82, 2.24) is 4.57 Å². The Morgan fingerprint density at radius 1 is 1.11 bits per heavy atom. The SMILES string of the molecule is CCCCC(=O)Nc1ccc2c(c1)c(C)c(C)n2C(=O)c1c(C)cccc1Cl. The van der Waals surface area contributed by atoms with Crippen molar-refractivity contribution in [3.63, 3.8) is 0 Å². The third kappa shape index (κ3) is 3.69. The van der Waals surface area contributed by atoms with Crippen LogP contribution in [0.3, 0.4) is 0 Å². The van der Waals surface area contributed by atoms with Crippen molar-refractivity contribution in [1.29, 1.82) is 0 Å². The largest absolute Gasteiger partial charge is 0.326 e. The summed E-state index contributed by atoms with van der Waals surface area (Å²) in [7, 11) is 0. The molecule has 0 fully saturated rings. The fraction of sp³-hybridized carbons (Fsp3) is 0.304. The van der Waals surface area contributed by atoms with Crippen LogP contribution in [0.4, 0.5) is 5.69 Å². The quantitative estimate of drug-likeness (QED) is 0.571. The maximum absolute atomic E-state index is 13.3. The first kappa shape index (κ1) is 20.2. The first-order chi connectivity index (χ1) is 13.3. The Bertz CT molecular complexity index is 1050. The summed E-state index contributed by atoms with van der Waals surface area (Å²) in [6.45, 7) is 7.87. The summed E-state index contributed by atoms with van der Waals surface area (Å²) in [6, 6.07) is 11.1. The molecule has 0 unspecified atom stereocenters. The zero-order chi connectivity index (χ0) is 20.4. The van der Waals surface area contributed by atoms with Crippen LogP contribution in [-0.4, -0.2) is 16.4 Å². The predicted molar refractivity (Wildman–Crippen MR) is 115 cm³/mol. The molecule has 3 aromatic rings. The van der Waals surface area contributed by atoms with Gasteiger partial charge in [0, 0.05) is 23.2 Å². The van der Waals surface area contributed by atoms with Crippen LogP contribution in [-0.2, 0) is 4.79 Å². The van der Waals surface area contributed by atoms with Crippen molar-refractivity contribution in [3.8, 4) is 0 Å². The summed E-state index contributed by atoms with van der Waals surface area (Å²) in [5.41, 5.74) is 4.80. The van der Waals surface area contributed by atoms with E-state index in [9.17, 15) is 9.59 Å². The molecule has 1 aromatic heterocycles. The summed E-state index contributed by atoms with van der Waals surface area (Å²) in [6.07, 6.45) is 2.36. The number of unbranched alkanes of at least 4 members (excludes halogenated alkanes) is 1. The van der Waals surface area contributed by atoms with Crippen LogP contribution in [0.25, 0.3) is 10.9 Å². The Morgan fingerprint density at radius 2 is 1.86 bits per heavy atom. The van der Waals surface area contributed by atoms with Crippen LogP contribution in [0.15, 0.2) is 36.4 Å². The van der Waals surface area contributed by atoms with Gasteiger partial charge in [-0.1, -0.05) is 37.1 Å². The second-order valence-electron chi connectivity index (χ2n) is 7.17. The molecule has 0 bridgehead atoms. The van der Waals surface area contributed by atoms with Gasteiger partial charge in [0.1, 0.15) is 0 Å². The van der Waals surface area contributed by atoms with Crippen LogP contribution in [0.2, 0.25) is 5.02 Å². The van der Waals surface area contributed by atoms with Gasteiger partial charge < -0.3 is 5.32 Å². The smallest absolute Gasteiger partial charge is 0.264 e. The summed E-state index contributed by atoms with van der Waals surface area (Å²) in [4.78, 5) is 25.4. The molecule has 0 atom stereocenters. The molecule has 0 aliphatic rings. The van der Waals surface area contributed by atoms with Crippen LogP contribution in [0.5, 0.6) is 0 Å². The molecule has 3 rings (SSSR count). The monoisotopic (exact) mass is 396 g/mol. The first-order valence-electron chi connectivity index (χ1n) is 9.56. The fourth-order valence-corrected chi connectivity index (χ4v) is 3.79. The number of benzene rings is 2. The Labute approximate surface area is 170 Å². The minimum Gasteiger partial charge on any atom is -0.326 e. The molecular formula is C23H25ClN2O2. The third-order valence-electron chi connectivity index (χ3n) is 5.20. The van der Waals surface area contributed by atoms with Gasteiger partial charge in [0.15, 0.2) is 0 Å². The number of hydrogen-bond acceptors (Lipinski definition) is 2. The highest BCUT2D eigenvalue weighted by atomic mass is 35.5. The molecule has 1 amide bonds. The first-order valence-corrected chi connectivity index (χ1v) is 9.94. The topological polar surface area (TPSA) is 51.1 Å².